The smallest absolute Gasteiger partial charge is 0.361 e. The van der Waals surface area contributed by atoms with E-state index in [0.29, 0.717) is 17.4 Å². The lowest BCUT2D eigenvalue weighted by Gasteiger charge is -2.25. The lowest BCUT2D eigenvalue weighted by molar-refractivity contribution is -0.870. The Morgan fingerprint density at radius 3 is 0.808 bits per heavy atom. The highest BCUT2D eigenvalue weighted by Crippen LogP contribution is 2.16. The van der Waals surface area contributed by atoms with E-state index in [1.54, 1.807) is 0 Å². The topological polar surface area (TPSA) is 108 Å². The Labute approximate surface area is 607 Å². The number of quaternary nitrogens is 1. The molecule has 0 aromatic rings. The van der Waals surface area contributed by atoms with Gasteiger partial charge in [-0.2, -0.15) is 0 Å². The monoisotopic (exact) mass is 1370 g/mol. The van der Waals surface area contributed by atoms with Crippen LogP contribution < -0.4 is 0 Å². The zero-order valence-electron chi connectivity index (χ0n) is 63.6. The maximum absolute atomic E-state index is 13.0. The number of carboxylic acid groups (broad SMARTS) is 1. The molecule has 0 rings (SSSR count). The van der Waals surface area contributed by atoms with Crippen molar-refractivity contribution in [2.45, 2.75) is 296 Å². The minimum Gasteiger partial charge on any atom is -0.477 e. The fourth-order valence-electron chi connectivity index (χ4n) is 10.1. The third-order valence-corrected chi connectivity index (χ3v) is 16.0. The number of allylic oxidation sites excluding steroid dienone is 34. The van der Waals surface area contributed by atoms with Crippen molar-refractivity contribution in [3.8, 4) is 0 Å². The molecule has 0 aromatic heterocycles. The molecule has 0 spiro atoms. The van der Waals surface area contributed by atoms with Crippen LogP contribution in [0.2, 0.25) is 0 Å². The first kappa shape index (κ1) is 92.9. The van der Waals surface area contributed by atoms with Crippen LogP contribution in [0.1, 0.15) is 284 Å². The summed E-state index contributed by atoms with van der Waals surface area (Å²) in [5.74, 6) is -2.03. The van der Waals surface area contributed by atoms with Gasteiger partial charge in [0.25, 0.3) is 6.29 Å². The van der Waals surface area contributed by atoms with Gasteiger partial charge in [-0.1, -0.05) is 330 Å². The number of nitrogens with zero attached hydrogens (tertiary/aromatic N) is 1. The molecular weight excluding hydrogens is 1220 g/mol. The largest absolute Gasteiger partial charge is 0.477 e. The van der Waals surface area contributed by atoms with Crippen LogP contribution in [0.3, 0.4) is 0 Å². The molecule has 0 aromatic carbocycles. The minimum absolute atomic E-state index is 0.177. The second-order valence-corrected chi connectivity index (χ2v) is 26.6. The molecule has 0 heterocycles. The third-order valence-electron chi connectivity index (χ3n) is 16.0. The number of rotatable bonds is 70. The minimum atomic E-state index is -1.53. The van der Waals surface area contributed by atoms with Crippen molar-refractivity contribution in [1.82, 2.24) is 0 Å². The standard InChI is InChI=1S/C90H143NO8/c1-6-8-10-12-14-16-18-20-22-24-26-28-30-32-34-36-38-40-41-42-43-44-45-46-47-49-51-53-55-57-59-61-63-65-67-69-71-73-75-77-79-81-88(93)99-86(85-98-90(89(94)95)96-83-82-91(3,4)5)84-97-87(92)80-78-76-74-72-70-68-66-64-62-60-58-56-54-52-50-48-39-37-35-33-31-29-27-25-23-21-19-17-15-13-11-9-7-2/h8-11,14-17,20-23,26-29,32-35,38-40,42-43,45-46,48-49,51-52,54-55,57,86,90H,6-7,12-13,18-19,24-25,30-31,36-37,41,44,47,50,53,56,58-85H2,1-5H3/p+1/b10-8-,11-9-,16-14-,17-15-,22-20-,23-21-,28-26-,29-27-,34-32-,35-33-,40-38-,43-42-,46-45-,48-39-,51-49-,54-52-,57-55-. The molecule has 0 aliphatic heterocycles. The molecule has 0 radical (unpaired) electrons. The van der Waals surface area contributed by atoms with E-state index < -0.39 is 24.3 Å². The van der Waals surface area contributed by atoms with Crippen molar-refractivity contribution in [3.05, 3.63) is 207 Å². The third kappa shape index (κ3) is 79.1. The molecule has 1 N–H and O–H groups in total. The molecule has 0 aliphatic rings. The van der Waals surface area contributed by atoms with Gasteiger partial charge in [-0.3, -0.25) is 9.59 Å². The summed E-state index contributed by atoms with van der Waals surface area (Å²) in [4.78, 5) is 37.7. The molecule has 2 unspecified atom stereocenters. The highest BCUT2D eigenvalue weighted by Gasteiger charge is 2.25. The van der Waals surface area contributed by atoms with Crippen molar-refractivity contribution in [2.24, 2.45) is 0 Å². The zero-order chi connectivity index (χ0) is 71.8. The van der Waals surface area contributed by atoms with Gasteiger partial charge in [-0.25, -0.2) is 4.79 Å². The van der Waals surface area contributed by atoms with Gasteiger partial charge >= 0.3 is 17.9 Å². The quantitative estimate of drug-likeness (QED) is 0.0211. The first-order valence-electron chi connectivity index (χ1n) is 39.2. The molecule has 0 saturated heterocycles. The molecule has 9 nitrogen and oxygen atoms in total. The molecule has 0 bridgehead atoms. The average Bonchev–Trinajstić information content (AvgIpc) is 2.62. The van der Waals surface area contributed by atoms with Crippen molar-refractivity contribution >= 4 is 17.9 Å². The summed E-state index contributed by atoms with van der Waals surface area (Å²) in [6, 6.07) is 0. The number of carbonyl (C=O) groups excluding carboxylic acids is 2. The molecule has 2 atom stereocenters. The number of hydrogen-bond donors (Lipinski definition) is 1. The summed E-state index contributed by atoms with van der Waals surface area (Å²) in [5.41, 5.74) is 0. The molecule has 9 heteroatoms. The summed E-state index contributed by atoms with van der Waals surface area (Å²) < 4.78 is 23.0. The first-order chi connectivity index (χ1) is 48.6. The maximum atomic E-state index is 13.0. The van der Waals surface area contributed by atoms with E-state index in [2.05, 4.69) is 220 Å². The van der Waals surface area contributed by atoms with E-state index in [1.165, 1.54) is 89.9 Å². The molecule has 0 aliphatic carbocycles. The van der Waals surface area contributed by atoms with Gasteiger partial charge < -0.3 is 28.5 Å². The summed E-state index contributed by atoms with van der Waals surface area (Å²) in [7, 11) is 5.97. The van der Waals surface area contributed by atoms with E-state index in [4.69, 9.17) is 18.9 Å². The van der Waals surface area contributed by atoms with Crippen LogP contribution in [0.4, 0.5) is 0 Å². The Bertz CT molecular complexity index is 2390. The first-order valence-corrected chi connectivity index (χ1v) is 39.2. The van der Waals surface area contributed by atoms with Crippen LogP contribution in [-0.4, -0.2) is 87.4 Å². The van der Waals surface area contributed by atoms with Gasteiger partial charge in [0.05, 0.1) is 34.4 Å². The van der Waals surface area contributed by atoms with Crippen LogP contribution in [0.5, 0.6) is 0 Å². The lowest BCUT2D eigenvalue weighted by atomic mass is 10.0. The van der Waals surface area contributed by atoms with Gasteiger partial charge in [0.15, 0.2) is 6.10 Å². The highest BCUT2D eigenvalue weighted by atomic mass is 16.7. The van der Waals surface area contributed by atoms with E-state index >= 15 is 0 Å². The number of likely N-dealkylation sites (N-methyl/N-ethyl adjacent to an activating group) is 1. The second kappa shape index (κ2) is 77.6. The fourth-order valence-corrected chi connectivity index (χ4v) is 10.1. The predicted molar refractivity (Wildman–Crippen MR) is 428 cm³/mol. The molecular formula is C90H144NO8+. The predicted octanol–water partition coefficient (Wildman–Crippen LogP) is 25.5. The lowest BCUT2D eigenvalue weighted by Crippen LogP contribution is -2.40. The van der Waals surface area contributed by atoms with Crippen molar-refractivity contribution in [2.75, 3.05) is 47.5 Å². The van der Waals surface area contributed by atoms with Crippen LogP contribution in [0.25, 0.3) is 0 Å². The van der Waals surface area contributed by atoms with Crippen LogP contribution in [0.15, 0.2) is 207 Å². The Morgan fingerprint density at radius 2 is 0.545 bits per heavy atom. The number of ether oxygens (including phenoxy) is 4. The Kier molecular flexibility index (Phi) is 72.8. The van der Waals surface area contributed by atoms with Crippen LogP contribution in [0, 0.1) is 0 Å². The molecule has 0 fully saturated rings. The SMILES string of the molecule is CC/C=C\C/C=C\C/C=C\C/C=C\C/C=C\C/C=C\C/C=C\C/C=C\C/C=C\C/C=C\CCCCCCCCCCCCC(=O)OC(COC(=O)CCCCCCCCCCCCC/C=C\C/C=C\C/C=C\C/C=C\C/C=C\C/C=C\C/C=C\CC)COC(OCC[N+](C)(C)C)C(=O)O. The molecule has 0 amide bonds. The number of hydrogen-bond acceptors (Lipinski definition) is 7. The zero-order valence-corrected chi connectivity index (χ0v) is 63.6. The molecule has 556 valence electrons. The van der Waals surface area contributed by atoms with Gasteiger partial charge in [-0.05, 0) is 148 Å². The number of carboxylic acids is 1. The Morgan fingerprint density at radius 1 is 0.303 bits per heavy atom. The van der Waals surface area contributed by atoms with Crippen molar-refractivity contribution in [1.29, 1.82) is 0 Å². The van der Waals surface area contributed by atoms with Crippen LogP contribution >= 0.6 is 0 Å². The van der Waals surface area contributed by atoms with Gasteiger partial charge in [0.1, 0.15) is 13.2 Å². The number of carbonyl (C=O) groups is 3. The normalized spacial score (nSPS) is 13.8. The van der Waals surface area contributed by atoms with E-state index in [1.807, 2.05) is 21.1 Å². The summed E-state index contributed by atoms with van der Waals surface area (Å²) in [6.07, 6.45) is 118. The second-order valence-electron chi connectivity index (χ2n) is 26.6. The summed E-state index contributed by atoms with van der Waals surface area (Å²) in [5, 5.41) is 9.77. The number of unbranched alkanes of at least 4 members (excludes halogenated alkanes) is 21. The number of esters is 2. The van der Waals surface area contributed by atoms with Crippen molar-refractivity contribution < 1.29 is 42.9 Å². The Balaban J connectivity index is 4.15. The summed E-state index contributed by atoms with van der Waals surface area (Å²) in [6.45, 7) is 4.63. The van der Waals surface area contributed by atoms with E-state index in [0.717, 1.165) is 161 Å². The fraction of sp³-hybridized carbons (Fsp3) is 0.589. The Hall–Kier alpha value is -6.13. The van der Waals surface area contributed by atoms with E-state index in [9.17, 15) is 19.5 Å². The van der Waals surface area contributed by atoms with E-state index in [-0.39, 0.29) is 38.6 Å². The van der Waals surface area contributed by atoms with Gasteiger partial charge in [0.2, 0.25) is 0 Å². The van der Waals surface area contributed by atoms with Gasteiger partial charge in [-0.15, -0.1) is 0 Å². The molecule has 99 heavy (non-hydrogen) atoms. The average molecular weight is 1370 g/mol. The molecule has 0 saturated carbocycles. The van der Waals surface area contributed by atoms with Crippen molar-refractivity contribution in [3.63, 3.8) is 0 Å². The highest BCUT2D eigenvalue weighted by molar-refractivity contribution is 5.71. The maximum Gasteiger partial charge on any atom is 0.361 e. The van der Waals surface area contributed by atoms with Gasteiger partial charge in [0, 0.05) is 12.8 Å². The summed E-state index contributed by atoms with van der Waals surface area (Å²) >= 11 is 0. The van der Waals surface area contributed by atoms with Crippen LogP contribution in [-0.2, 0) is 33.3 Å². The number of aliphatic carboxylic acids is 1.